The fourth-order valence-electron chi connectivity index (χ4n) is 4.42. The third-order valence-corrected chi connectivity index (χ3v) is 5.54. The van der Waals surface area contributed by atoms with Gasteiger partial charge in [-0.05, 0) is 17.5 Å². The minimum Gasteiger partial charge on any atom is -0.326 e. The molecule has 1 aromatic rings. The van der Waals surface area contributed by atoms with Crippen molar-refractivity contribution < 1.29 is 23.2 Å². The number of alkyl halides is 2. The Kier molecular flexibility index (Phi) is 4.67. The number of piperidine rings is 2. The van der Waals surface area contributed by atoms with E-state index in [9.17, 15) is 23.2 Å². The molecule has 2 fully saturated rings. The van der Waals surface area contributed by atoms with Gasteiger partial charge in [0.25, 0.3) is 11.8 Å². The molecule has 2 atom stereocenters. The lowest BCUT2D eigenvalue weighted by Crippen LogP contribution is -2.52. The van der Waals surface area contributed by atoms with E-state index in [1.165, 1.54) is 4.90 Å². The molecule has 4 rings (SSSR count). The number of nitrogens with zero attached hydrogens (tertiary/aromatic N) is 2. The van der Waals surface area contributed by atoms with Gasteiger partial charge in [-0.2, -0.15) is 0 Å². The first-order valence-corrected chi connectivity index (χ1v) is 9.35. The number of carbonyl (C=O) groups is 3. The van der Waals surface area contributed by atoms with Crippen LogP contribution in [0.3, 0.4) is 0 Å². The molecule has 1 aromatic carbocycles. The lowest BCUT2D eigenvalue weighted by molar-refractivity contribution is -0.136. The van der Waals surface area contributed by atoms with Crippen LogP contribution >= 0.6 is 0 Å². The van der Waals surface area contributed by atoms with E-state index >= 15 is 0 Å². The van der Waals surface area contributed by atoms with Crippen LogP contribution in [0.25, 0.3) is 0 Å². The highest BCUT2D eigenvalue weighted by Gasteiger charge is 2.42. The van der Waals surface area contributed by atoms with E-state index < -0.39 is 30.5 Å². The number of amides is 3. The molecule has 0 aromatic heterocycles. The lowest BCUT2D eigenvalue weighted by Gasteiger charge is -2.36. The molecule has 1 unspecified atom stereocenters. The largest absolute Gasteiger partial charge is 0.326 e. The molecule has 3 amide bonds. The van der Waals surface area contributed by atoms with Gasteiger partial charge in [0.15, 0.2) is 0 Å². The van der Waals surface area contributed by atoms with Gasteiger partial charge in [0.2, 0.25) is 11.8 Å². The number of benzene rings is 1. The van der Waals surface area contributed by atoms with Crippen molar-refractivity contribution in [2.75, 3.05) is 13.1 Å². The van der Waals surface area contributed by atoms with E-state index in [1.807, 2.05) is 0 Å². The van der Waals surface area contributed by atoms with Gasteiger partial charge in [-0.1, -0.05) is 18.2 Å². The summed E-state index contributed by atoms with van der Waals surface area (Å²) in [5.74, 6) is -3.96. The fourth-order valence-corrected chi connectivity index (χ4v) is 4.42. The van der Waals surface area contributed by atoms with E-state index in [0.717, 1.165) is 5.56 Å². The second kappa shape index (κ2) is 6.89. The molecule has 0 radical (unpaired) electrons. The predicted molar refractivity (Wildman–Crippen MR) is 95.3 cm³/mol. The molecule has 0 spiro atoms. The van der Waals surface area contributed by atoms with Crippen LogP contribution in [0.15, 0.2) is 18.2 Å². The van der Waals surface area contributed by atoms with Crippen LogP contribution in [-0.2, 0) is 22.7 Å². The molecule has 150 valence electrons. The second-order valence-corrected chi connectivity index (χ2v) is 7.84. The first-order valence-electron chi connectivity index (χ1n) is 9.35. The Labute approximate surface area is 160 Å². The Bertz CT molecular complexity index is 844. The average molecular weight is 392 g/mol. The summed E-state index contributed by atoms with van der Waals surface area (Å²) in [6.07, 6.45) is 0.135. The summed E-state index contributed by atoms with van der Waals surface area (Å²) in [4.78, 5) is 39.6. The number of hydrogen-bond acceptors (Lipinski definition) is 5. The van der Waals surface area contributed by atoms with Crippen LogP contribution in [-0.4, -0.2) is 58.6 Å². The van der Waals surface area contributed by atoms with Crippen LogP contribution < -0.4 is 11.1 Å². The number of carbonyl (C=O) groups excluding carboxylic acids is 3. The Morgan fingerprint density at radius 3 is 2.75 bits per heavy atom. The van der Waals surface area contributed by atoms with Crippen molar-refractivity contribution >= 4 is 17.7 Å². The van der Waals surface area contributed by atoms with Crippen molar-refractivity contribution in [3.63, 3.8) is 0 Å². The summed E-state index contributed by atoms with van der Waals surface area (Å²) in [6.45, 7) is 0.408. The molecule has 0 bridgehead atoms. The molecule has 3 N–H and O–H groups in total. The molecule has 7 nitrogen and oxygen atoms in total. The topological polar surface area (TPSA) is 95.7 Å². The van der Waals surface area contributed by atoms with Crippen molar-refractivity contribution in [1.29, 1.82) is 0 Å². The SMILES string of the molecule is N[C@H]1CN(Cc2cccc3c2C(=O)N(C2CCC(=O)NC2=O)C3)CC(F)(F)C1. The second-order valence-electron chi connectivity index (χ2n) is 7.84. The molecule has 3 heterocycles. The van der Waals surface area contributed by atoms with E-state index in [4.69, 9.17) is 5.73 Å². The molecule has 3 aliphatic heterocycles. The van der Waals surface area contributed by atoms with E-state index in [-0.39, 0.29) is 44.2 Å². The molecule has 0 saturated carbocycles. The zero-order valence-electron chi connectivity index (χ0n) is 15.3. The number of imide groups is 1. The molecule has 2 saturated heterocycles. The zero-order valence-corrected chi connectivity index (χ0v) is 15.3. The predicted octanol–water partition coefficient (Wildman–Crippen LogP) is 0.616. The van der Waals surface area contributed by atoms with Gasteiger partial charge >= 0.3 is 0 Å². The first-order chi connectivity index (χ1) is 13.2. The summed E-state index contributed by atoms with van der Waals surface area (Å²) in [7, 11) is 0. The van der Waals surface area contributed by atoms with Gasteiger partial charge in [0, 0.05) is 44.1 Å². The van der Waals surface area contributed by atoms with Gasteiger partial charge in [-0.15, -0.1) is 0 Å². The maximum Gasteiger partial charge on any atom is 0.262 e. The van der Waals surface area contributed by atoms with Gasteiger partial charge in [-0.3, -0.25) is 24.6 Å². The smallest absolute Gasteiger partial charge is 0.262 e. The highest BCUT2D eigenvalue weighted by molar-refractivity contribution is 6.05. The third kappa shape index (κ3) is 3.51. The number of rotatable bonds is 3. The fraction of sp³-hybridized carbons (Fsp3) is 0.526. The standard InChI is InChI=1S/C19H22F2N4O3/c20-19(21)6-13(22)9-24(10-19)7-11-2-1-3-12-8-25(18(28)16(11)12)14-4-5-15(26)23-17(14)27/h1-3,13-14H,4-10,22H2,(H,23,26,27)/t13-,14?/m1/s1. The van der Waals surface area contributed by atoms with Gasteiger partial charge in [0.1, 0.15) is 6.04 Å². The lowest BCUT2D eigenvalue weighted by atomic mass is 9.99. The Morgan fingerprint density at radius 2 is 2.04 bits per heavy atom. The summed E-state index contributed by atoms with van der Waals surface area (Å²) in [5, 5.41) is 2.27. The van der Waals surface area contributed by atoms with E-state index in [1.54, 1.807) is 23.1 Å². The van der Waals surface area contributed by atoms with Crippen LogP contribution in [0.5, 0.6) is 0 Å². The van der Waals surface area contributed by atoms with E-state index in [0.29, 0.717) is 17.7 Å². The quantitative estimate of drug-likeness (QED) is 0.735. The number of likely N-dealkylation sites (tertiary alicyclic amines) is 1. The third-order valence-electron chi connectivity index (χ3n) is 5.54. The van der Waals surface area contributed by atoms with Crippen LogP contribution in [0.4, 0.5) is 8.78 Å². The van der Waals surface area contributed by atoms with Gasteiger partial charge < -0.3 is 10.6 Å². The highest BCUT2D eigenvalue weighted by atomic mass is 19.3. The van der Waals surface area contributed by atoms with Gasteiger partial charge in [-0.25, -0.2) is 8.78 Å². The minimum atomic E-state index is -2.85. The van der Waals surface area contributed by atoms with Crippen molar-refractivity contribution in [3.05, 3.63) is 34.9 Å². The summed E-state index contributed by atoms with van der Waals surface area (Å²) in [5.41, 5.74) is 7.66. The summed E-state index contributed by atoms with van der Waals surface area (Å²) >= 11 is 0. The summed E-state index contributed by atoms with van der Waals surface area (Å²) in [6, 6.07) is 4.04. The van der Waals surface area contributed by atoms with Crippen molar-refractivity contribution in [2.24, 2.45) is 5.73 Å². The molecule has 0 aliphatic carbocycles. The van der Waals surface area contributed by atoms with Crippen LogP contribution in [0.2, 0.25) is 0 Å². The van der Waals surface area contributed by atoms with Crippen molar-refractivity contribution in [2.45, 2.75) is 50.4 Å². The Balaban J connectivity index is 1.55. The summed E-state index contributed by atoms with van der Waals surface area (Å²) < 4.78 is 27.7. The molecular formula is C19H22F2N4O3. The monoisotopic (exact) mass is 392 g/mol. The Morgan fingerprint density at radius 1 is 1.25 bits per heavy atom. The van der Waals surface area contributed by atoms with Crippen LogP contribution in [0, 0.1) is 0 Å². The Hall–Kier alpha value is -2.39. The first kappa shape index (κ1) is 18.9. The molecule has 3 aliphatic rings. The van der Waals surface area contributed by atoms with Gasteiger partial charge in [0.05, 0.1) is 6.54 Å². The number of nitrogens with two attached hydrogens (primary N) is 1. The number of halogens is 2. The zero-order chi connectivity index (χ0) is 20.1. The number of hydrogen-bond donors (Lipinski definition) is 2. The molecular weight excluding hydrogens is 370 g/mol. The van der Waals surface area contributed by atoms with Crippen molar-refractivity contribution in [3.8, 4) is 0 Å². The van der Waals surface area contributed by atoms with E-state index in [2.05, 4.69) is 5.32 Å². The molecule has 28 heavy (non-hydrogen) atoms. The minimum absolute atomic E-state index is 0.185. The van der Waals surface area contributed by atoms with Crippen LogP contribution in [0.1, 0.15) is 40.7 Å². The normalized spacial score (nSPS) is 27.7. The average Bonchev–Trinajstić information content (AvgIpc) is 2.91. The molecule has 9 heteroatoms. The maximum atomic E-state index is 13.9. The highest BCUT2D eigenvalue weighted by Crippen LogP contribution is 2.32. The van der Waals surface area contributed by atoms with Crippen molar-refractivity contribution in [1.82, 2.24) is 15.1 Å². The maximum absolute atomic E-state index is 13.9. The number of nitrogens with one attached hydrogen (secondary N) is 1. The number of fused-ring (bicyclic) bond motifs is 1.